The van der Waals surface area contributed by atoms with E-state index in [9.17, 15) is 0 Å². The van der Waals surface area contributed by atoms with Gasteiger partial charge in [-0.05, 0) is 6.42 Å². The summed E-state index contributed by atoms with van der Waals surface area (Å²) < 4.78 is 6.48. The van der Waals surface area contributed by atoms with Crippen LogP contribution in [0.3, 0.4) is 0 Å². The van der Waals surface area contributed by atoms with Crippen LogP contribution in [0.1, 0.15) is 110 Å². The molecule has 0 aliphatic rings. The van der Waals surface area contributed by atoms with E-state index in [-0.39, 0.29) is 6.61 Å². The van der Waals surface area contributed by atoms with Crippen LogP contribution < -0.4 is 0 Å². The standard InChI is InChI=1S/C23H50NO2/c1-4-5-6-7-8-9-10-11-12-13-14-15-16-17-18-19-22-26-23-24(2,3)20-21-25/h25H,4-23H2,1-3H3/q+1. The van der Waals surface area contributed by atoms with E-state index >= 15 is 0 Å². The van der Waals surface area contributed by atoms with Gasteiger partial charge in [0.05, 0.1) is 27.3 Å². The molecule has 0 aromatic rings. The summed E-state index contributed by atoms with van der Waals surface area (Å²) in [6, 6.07) is 0. The van der Waals surface area contributed by atoms with Gasteiger partial charge in [0, 0.05) is 0 Å². The zero-order valence-corrected chi connectivity index (χ0v) is 18.4. The molecule has 0 amide bonds. The van der Waals surface area contributed by atoms with E-state index in [4.69, 9.17) is 9.84 Å². The van der Waals surface area contributed by atoms with E-state index in [0.717, 1.165) is 17.6 Å². The van der Waals surface area contributed by atoms with Crippen molar-refractivity contribution >= 4 is 0 Å². The number of hydrogen-bond acceptors (Lipinski definition) is 2. The third-order valence-corrected chi connectivity index (χ3v) is 5.29. The van der Waals surface area contributed by atoms with Gasteiger partial charge in [-0.25, -0.2) is 0 Å². The molecular formula is C23H50NO2+. The van der Waals surface area contributed by atoms with Gasteiger partial charge in [0.25, 0.3) is 0 Å². The Bertz CT molecular complexity index is 269. The molecule has 0 rings (SSSR count). The van der Waals surface area contributed by atoms with Crippen LogP contribution in [0.15, 0.2) is 0 Å². The maximum atomic E-state index is 8.98. The number of aliphatic hydroxyl groups excluding tert-OH is 1. The van der Waals surface area contributed by atoms with Gasteiger partial charge in [0.15, 0.2) is 6.73 Å². The molecule has 0 fully saturated rings. The van der Waals surface area contributed by atoms with E-state index in [2.05, 4.69) is 21.0 Å². The van der Waals surface area contributed by atoms with E-state index in [1.807, 2.05) is 0 Å². The smallest absolute Gasteiger partial charge is 0.182 e. The Morgan fingerprint density at radius 3 is 1.38 bits per heavy atom. The van der Waals surface area contributed by atoms with Gasteiger partial charge < -0.3 is 14.3 Å². The average Bonchev–Trinajstić information content (AvgIpc) is 2.60. The Kier molecular flexibility index (Phi) is 19.5. The fourth-order valence-corrected chi connectivity index (χ4v) is 3.40. The SMILES string of the molecule is CCCCCCCCCCCCCCCCCCOC[N+](C)(C)CCO. The first-order valence-electron chi connectivity index (χ1n) is 11.6. The van der Waals surface area contributed by atoms with Crippen molar-refractivity contribution in [1.82, 2.24) is 0 Å². The third kappa shape index (κ3) is 20.2. The Hall–Kier alpha value is -0.120. The van der Waals surface area contributed by atoms with Crippen LogP contribution in [0.25, 0.3) is 0 Å². The molecule has 0 saturated carbocycles. The quantitative estimate of drug-likeness (QED) is 0.146. The number of likely N-dealkylation sites (N-methyl/N-ethyl adjacent to an activating group) is 1. The lowest BCUT2D eigenvalue weighted by molar-refractivity contribution is -0.910. The first-order chi connectivity index (χ1) is 12.6. The number of rotatable bonds is 21. The highest BCUT2D eigenvalue weighted by Crippen LogP contribution is 2.13. The highest BCUT2D eigenvalue weighted by atomic mass is 16.5. The number of nitrogens with zero attached hydrogens (tertiary/aromatic N) is 1. The number of hydrogen-bond donors (Lipinski definition) is 1. The van der Waals surface area contributed by atoms with E-state index < -0.39 is 0 Å². The van der Waals surface area contributed by atoms with Gasteiger partial charge in [-0.15, -0.1) is 0 Å². The zero-order chi connectivity index (χ0) is 19.3. The van der Waals surface area contributed by atoms with Gasteiger partial charge in [-0.1, -0.05) is 103 Å². The first kappa shape index (κ1) is 25.9. The van der Waals surface area contributed by atoms with Crippen LogP contribution >= 0.6 is 0 Å². The van der Waals surface area contributed by atoms with Crippen LogP contribution in [0.4, 0.5) is 0 Å². The number of quaternary nitrogens is 1. The van der Waals surface area contributed by atoms with Crippen LogP contribution in [0.2, 0.25) is 0 Å². The zero-order valence-electron chi connectivity index (χ0n) is 18.4. The van der Waals surface area contributed by atoms with Gasteiger partial charge in [-0.2, -0.15) is 0 Å². The predicted molar refractivity (Wildman–Crippen MR) is 114 cm³/mol. The molecule has 26 heavy (non-hydrogen) atoms. The summed E-state index contributed by atoms with van der Waals surface area (Å²) in [5.74, 6) is 0. The highest BCUT2D eigenvalue weighted by Gasteiger charge is 2.13. The molecule has 0 heterocycles. The summed E-state index contributed by atoms with van der Waals surface area (Å²) in [6.45, 7) is 4.86. The molecule has 3 heteroatoms. The minimum Gasteiger partial charge on any atom is -0.391 e. The van der Waals surface area contributed by atoms with Crippen molar-refractivity contribution in [2.24, 2.45) is 0 Å². The molecule has 0 atom stereocenters. The molecule has 0 aliphatic heterocycles. The summed E-state index contributed by atoms with van der Waals surface area (Å²) in [5, 5.41) is 8.98. The monoisotopic (exact) mass is 372 g/mol. The van der Waals surface area contributed by atoms with Crippen LogP contribution in [-0.2, 0) is 4.74 Å². The summed E-state index contributed by atoms with van der Waals surface area (Å²) in [6.07, 6.45) is 22.5. The van der Waals surface area contributed by atoms with Crippen LogP contribution in [0.5, 0.6) is 0 Å². The van der Waals surface area contributed by atoms with E-state index in [0.29, 0.717) is 6.73 Å². The number of unbranched alkanes of at least 4 members (excludes halogenated alkanes) is 15. The topological polar surface area (TPSA) is 29.5 Å². The van der Waals surface area contributed by atoms with Crippen molar-refractivity contribution in [3.8, 4) is 0 Å². The molecule has 0 aromatic heterocycles. The normalized spacial score (nSPS) is 12.0. The van der Waals surface area contributed by atoms with E-state index in [1.54, 1.807) is 0 Å². The molecule has 0 aromatic carbocycles. The molecule has 0 aliphatic carbocycles. The van der Waals surface area contributed by atoms with E-state index in [1.165, 1.54) is 103 Å². The molecule has 3 nitrogen and oxygen atoms in total. The molecule has 0 bridgehead atoms. The fourth-order valence-electron chi connectivity index (χ4n) is 3.40. The average molecular weight is 373 g/mol. The molecular weight excluding hydrogens is 322 g/mol. The van der Waals surface area contributed by atoms with Gasteiger partial charge in [0.1, 0.15) is 6.54 Å². The Morgan fingerprint density at radius 2 is 1.00 bits per heavy atom. The minimum atomic E-state index is 0.232. The molecule has 1 N–H and O–H groups in total. The van der Waals surface area contributed by atoms with Gasteiger partial charge in [-0.3, -0.25) is 0 Å². The maximum Gasteiger partial charge on any atom is 0.182 e. The fraction of sp³-hybridized carbons (Fsp3) is 1.00. The number of aliphatic hydroxyl groups is 1. The van der Waals surface area contributed by atoms with Crippen molar-refractivity contribution in [3.05, 3.63) is 0 Å². The summed E-state index contributed by atoms with van der Waals surface area (Å²) >= 11 is 0. The van der Waals surface area contributed by atoms with Crippen LogP contribution in [0, 0.1) is 0 Å². The van der Waals surface area contributed by atoms with Crippen molar-refractivity contribution in [1.29, 1.82) is 0 Å². The summed E-state index contributed by atoms with van der Waals surface area (Å²) in [5.41, 5.74) is 0. The minimum absolute atomic E-state index is 0.232. The lowest BCUT2D eigenvalue weighted by Crippen LogP contribution is -2.43. The van der Waals surface area contributed by atoms with Crippen molar-refractivity contribution < 1.29 is 14.3 Å². The second-order valence-electron chi connectivity index (χ2n) is 8.72. The van der Waals surface area contributed by atoms with Crippen molar-refractivity contribution in [2.75, 3.05) is 40.6 Å². The Labute approximate surface area is 165 Å². The largest absolute Gasteiger partial charge is 0.391 e. The predicted octanol–water partition coefficient (Wildman–Crippen LogP) is 6.29. The lowest BCUT2D eigenvalue weighted by atomic mass is 10.0. The molecule has 158 valence electrons. The molecule has 0 unspecified atom stereocenters. The second kappa shape index (κ2) is 19.6. The summed E-state index contributed by atoms with van der Waals surface area (Å²) in [4.78, 5) is 0. The van der Waals surface area contributed by atoms with Crippen LogP contribution in [-0.4, -0.2) is 50.2 Å². The third-order valence-electron chi connectivity index (χ3n) is 5.29. The summed E-state index contributed by atoms with van der Waals surface area (Å²) in [7, 11) is 4.20. The van der Waals surface area contributed by atoms with Gasteiger partial charge >= 0.3 is 0 Å². The first-order valence-corrected chi connectivity index (χ1v) is 11.6. The Morgan fingerprint density at radius 1 is 0.615 bits per heavy atom. The maximum absolute atomic E-state index is 8.98. The van der Waals surface area contributed by atoms with Crippen molar-refractivity contribution in [2.45, 2.75) is 110 Å². The molecule has 0 saturated heterocycles. The highest BCUT2D eigenvalue weighted by molar-refractivity contribution is 4.49. The Balaban J connectivity index is 3.09. The number of ether oxygens (including phenoxy) is 1. The lowest BCUT2D eigenvalue weighted by Gasteiger charge is -2.28. The molecule has 0 radical (unpaired) electrons. The second-order valence-corrected chi connectivity index (χ2v) is 8.72. The van der Waals surface area contributed by atoms with Gasteiger partial charge in [0.2, 0.25) is 0 Å². The molecule has 0 spiro atoms. The van der Waals surface area contributed by atoms with Crippen molar-refractivity contribution in [3.63, 3.8) is 0 Å².